The second-order valence-electron chi connectivity index (χ2n) is 5.32. The van der Waals surface area contributed by atoms with Gasteiger partial charge >= 0.3 is 0 Å². The number of nitrogens with zero attached hydrogens (tertiary/aromatic N) is 1. The van der Waals surface area contributed by atoms with Crippen LogP contribution in [0.25, 0.3) is 0 Å². The normalized spacial score (nSPS) is 24.9. The first-order valence-corrected chi connectivity index (χ1v) is 5.52. The quantitative estimate of drug-likeness (QED) is 0.658. The van der Waals surface area contributed by atoms with Crippen molar-refractivity contribution >= 4 is 5.69 Å². The number of benzene rings is 1. The number of anilines is 1. The van der Waals surface area contributed by atoms with Crippen molar-refractivity contribution in [3.63, 3.8) is 0 Å². The van der Waals surface area contributed by atoms with Gasteiger partial charge in [-0.05, 0) is 37.2 Å². The number of fused-ring (bicyclic) bond motifs is 1. The van der Waals surface area contributed by atoms with Crippen LogP contribution in [0.5, 0.6) is 0 Å². The van der Waals surface area contributed by atoms with Crippen molar-refractivity contribution in [1.82, 2.24) is 4.90 Å². The minimum absolute atomic E-state index is 0.226. The van der Waals surface area contributed by atoms with E-state index in [1.165, 1.54) is 11.1 Å². The van der Waals surface area contributed by atoms with Crippen LogP contribution in [0.2, 0.25) is 0 Å². The van der Waals surface area contributed by atoms with Crippen LogP contribution in [0, 0.1) is 0 Å². The highest BCUT2D eigenvalue weighted by Gasteiger charge is 2.33. The Balaban J connectivity index is 2.59. The van der Waals surface area contributed by atoms with Gasteiger partial charge in [0.25, 0.3) is 0 Å². The predicted molar refractivity (Wildman–Crippen MR) is 64.9 cm³/mol. The molecule has 1 aliphatic heterocycles. The maximum atomic E-state index is 5.86. The van der Waals surface area contributed by atoms with Crippen molar-refractivity contribution in [2.24, 2.45) is 0 Å². The Hall–Kier alpha value is -1.02. The molecule has 0 saturated heterocycles. The van der Waals surface area contributed by atoms with E-state index in [0.29, 0.717) is 6.04 Å². The Labute approximate surface area is 92.1 Å². The average molecular weight is 204 g/mol. The second-order valence-corrected chi connectivity index (χ2v) is 5.32. The minimum atomic E-state index is 0.226. The van der Waals surface area contributed by atoms with Gasteiger partial charge in [-0.3, -0.25) is 4.90 Å². The molecule has 0 bridgehead atoms. The summed E-state index contributed by atoms with van der Waals surface area (Å²) in [6.45, 7) is 7.94. The van der Waals surface area contributed by atoms with E-state index in [9.17, 15) is 0 Å². The van der Waals surface area contributed by atoms with Crippen LogP contribution in [-0.2, 0) is 5.41 Å². The first kappa shape index (κ1) is 10.5. The number of rotatable bonds is 0. The Morgan fingerprint density at radius 2 is 2.07 bits per heavy atom. The van der Waals surface area contributed by atoms with Gasteiger partial charge in [-0.25, -0.2) is 0 Å². The van der Waals surface area contributed by atoms with Crippen LogP contribution in [0.15, 0.2) is 18.2 Å². The van der Waals surface area contributed by atoms with E-state index in [2.05, 4.69) is 44.9 Å². The van der Waals surface area contributed by atoms with Gasteiger partial charge in [0.2, 0.25) is 0 Å². The van der Waals surface area contributed by atoms with Crippen LogP contribution in [0.1, 0.15) is 37.9 Å². The lowest BCUT2D eigenvalue weighted by atomic mass is 9.76. The molecule has 82 valence electrons. The lowest BCUT2D eigenvalue weighted by molar-refractivity contribution is 0.188. The summed E-state index contributed by atoms with van der Waals surface area (Å²) in [5.41, 5.74) is 9.78. The molecule has 2 rings (SSSR count). The zero-order valence-corrected chi connectivity index (χ0v) is 10.0. The van der Waals surface area contributed by atoms with Crippen LogP contribution < -0.4 is 5.73 Å². The van der Waals surface area contributed by atoms with Crippen molar-refractivity contribution in [1.29, 1.82) is 0 Å². The fourth-order valence-electron chi connectivity index (χ4n) is 2.63. The molecule has 15 heavy (non-hydrogen) atoms. The average Bonchev–Trinajstić information content (AvgIpc) is 2.13. The Bertz CT molecular complexity index is 382. The fourth-order valence-corrected chi connectivity index (χ4v) is 2.63. The summed E-state index contributed by atoms with van der Waals surface area (Å²) in [4.78, 5) is 2.39. The van der Waals surface area contributed by atoms with Gasteiger partial charge in [0.1, 0.15) is 0 Å². The summed E-state index contributed by atoms with van der Waals surface area (Å²) in [7, 11) is 2.18. The standard InChI is InChI=1S/C13H20N2/c1-9-11-7-10(14)5-6-12(11)13(2,3)8-15(9)4/h5-7,9H,8,14H2,1-4H3. The summed E-state index contributed by atoms with van der Waals surface area (Å²) in [6.07, 6.45) is 0. The summed E-state index contributed by atoms with van der Waals surface area (Å²) >= 11 is 0. The number of hydrogen-bond donors (Lipinski definition) is 1. The van der Waals surface area contributed by atoms with Gasteiger partial charge < -0.3 is 5.73 Å². The van der Waals surface area contributed by atoms with Crippen molar-refractivity contribution in [3.8, 4) is 0 Å². The van der Waals surface area contributed by atoms with Gasteiger partial charge in [-0.15, -0.1) is 0 Å². The molecule has 1 atom stereocenters. The highest BCUT2D eigenvalue weighted by molar-refractivity contribution is 5.49. The van der Waals surface area contributed by atoms with E-state index in [4.69, 9.17) is 5.73 Å². The fraction of sp³-hybridized carbons (Fsp3) is 0.538. The molecule has 0 spiro atoms. The minimum Gasteiger partial charge on any atom is -0.399 e. The van der Waals surface area contributed by atoms with E-state index in [-0.39, 0.29) is 5.41 Å². The van der Waals surface area contributed by atoms with Crippen LogP contribution >= 0.6 is 0 Å². The van der Waals surface area contributed by atoms with Gasteiger partial charge in [-0.1, -0.05) is 19.9 Å². The predicted octanol–water partition coefficient (Wildman–Crippen LogP) is 2.55. The van der Waals surface area contributed by atoms with Crippen LogP contribution in [0.4, 0.5) is 5.69 Å². The van der Waals surface area contributed by atoms with Crippen molar-refractivity contribution < 1.29 is 0 Å². The molecule has 1 aromatic carbocycles. The molecule has 1 unspecified atom stereocenters. The van der Waals surface area contributed by atoms with E-state index >= 15 is 0 Å². The lowest BCUT2D eigenvalue weighted by Crippen LogP contribution is -2.42. The smallest absolute Gasteiger partial charge is 0.0320 e. The van der Waals surface area contributed by atoms with Gasteiger partial charge in [0.05, 0.1) is 0 Å². The number of nitrogens with two attached hydrogens (primary N) is 1. The van der Waals surface area contributed by atoms with Gasteiger partial charge in [-0.2, -0.15) is 0 Å². The summed E-state index contributed by atoms with van der Waals surface area (Å²) in [5, 5.41) is 0. The molecule has 0 radical (unpaired) electrons. The summed E-state index contributed by atoms with van der Waals surface area (Å²) in [5.74, 6) is 0. The molecule has 1 aromatic rings. The lowest BCUT2D eigenvalue weighted by Gasteiger charge is -2.42. The third-order valence-corrected chi connectivity index (χ3v) is 3.56. The third-order valence-electron chi connectivity index (χ3n) is 3.56. The van der Waals surface area contributed by atoms with Crippen LogP contribution in [0.3, 0.4) is 0 Å². The molecule has 0 saturated carbocycles. The second kappa shape index (κ2) is 3.24. The van der Waals surface area contributed by atoms with Gasteiger partial charge in [0, 0.05) is 23.7 Å². The van der Waals surface area contributed by atoms with E-state index in [0.717, 1.165) is 12.2 Å². The highest BCUT2D eigenvalue weighted by atomic mass is 15.1. The van der Waals surface area contributed by atoms with Crippen molar-refractivity contribution in [3.05, 3.63) is 29.3 Å². The highest BCUT2D eigenvalue weighted by Crippen LogP contribution is 2.39. The Kier molecular flexibility index (Phi) is 2.27. The molecule has 2 nitrogen and oxygen atoms in total. The molecule has 1 aliphatic rings. The summed E-state index contributed by atoms with van der Waals surface area (Å²) < 4.78 is 0. The van der Waals surface area contributed by atoms with E-state index in [1.54, 1.807) is 0 Å². The number of likely N-dealkylation sites (N-methyl/N-ethyl adjacent to an activating group) is 1. The van der Waals surface area contributed by atoms with E-state index < -0.39 is 0 Å². The largest absolute Gasteiger partial charge is 0.399 e. The number of hydrogen-bond acceptors (Lipinski definition) is 2. The molecule has 2 heteroatoms. The zero-order valence-electron chi connectivity index (χ0n) is 10.0. The molecule has 0 fully saturated rings. The van der Waals surface area contributed by atoms with Crippen molar-refractivity contribution in [2.45, 2.75) is 32.2 Å². The van der Waals surface area contributed by atoms with Crippen LogP contribution in [-0.4, -0.2) is 18.5 Å². The third kappa shape index (κ3) is 1.63. The number of nitrogen functional groups attached to an aromatic ring is 1. The maximum absolute atomic E-state index is 5.86. The maximum Gasteiger partial charge on any atom is 0.0320 e. The molecule has 1 heterocycles. The first-order valence-electron chi connectivity index (χ1n) is 5.52. The van der Waals surface area contributed by atoms with Crippen molar-refractivity contribution in [2.75, 3.05) is 19.3 Å². The van der Waals surface area contributed by atoms with Gasteiger partial charge in [0.15, 0.2) is 0 Å². The SMILES string of the molecule is CC1c2cc(N)ccc2C(C)(C)CN1C. The molecule has 0 amide bonds. The molecule has 0 aliphatic carbocycles. The molecule has 0 aromatic heterocycles. The van der Waals surface area contributed by atoms with E-state index in [1.807, 2.05) is 6.07 Å². The molecular weight excluding hydrogens is 184 g/mol. The summed E-state index contributed by atoms with van der Waals surface area (Å²) in [6, 6.07) is 6.79. The molecular formula is C13H20N2. The Morgan fingerprint density at radius 3 is 2.73 bits per heavy atom. The zero-order chi connectivity index (χ0) is 11.2. The molecule has 2 N–H and O–H groups in total. The first-order chi connectivity index (χ1) is 6.92. The Morgan fingerprint density at radius 1 is 1.40 bits per heavy atom. The monoisotopic (exact) mass is 204 g/mol. The topological polar surface area (TPSA) is 29.3 Å².